The van der Waals surface area contributed by atoms with E-state index >= 15 is 0 Å². The fourth-order valence-electron chi connectivity index (χ4n) is 1.64. The van der Waals surface area contributed by atoms with Gasteiger partial charge in [-0.25, -0.2) is 0 Å². The summed E-state index contributed by atoms with van der Waals surface area (Å²) in [6.45, 7) is 2.00. The first kappa shape index (κ1) is 16.9. The lowest BCUT2D eigenvalue weighted by Gasteiger charge is -2.05. The van der Waals surface area contributed by atoms with Gasteiger partial charge in [0.15, 0.2) is 4.90 Å². The fraction of sp³-hybridized carbons (Fsp3) is 0.133. The van der Waals surface area contributed by atoms with Gasteiger partial charge in [-0.2, -0.15) is 0 Å². The minimum absolute atomic E-state index is 0.0796. The molecule has 2 nitrogen and oxygen atoms in total. The molecule has 1 unspecified atom stereocenters. The van der Waals surface area contributed by atoms with Crippen LogP contribution in [0, 0.1) is 0 Å². The minimum atomic E-state index is 0.0796. The molecule has 0 saturated carbocycles. The summed E-state index contributed by atoms with van der Waals surface area (Å²) in [4.78, 5) is 9.22. The first-order valence-corrected chi connectivity index (χ1v) is 8.26. The Hall–Kier alpha value is -1.16. The van der Waals surface area contributed by atoms with Gasteiger partial charge in [0.2, 0.25) is 0 Å². The van der Waals surface area contributed by atoms with Crippen LogP contribution < -0.4 is 0 Å². The van der Waals surface area contributed by atoms with E-state index in [4.69, 9.17) is 28.0 Å². The number of aromatic hydroxyl groups is 1. The Morgan fingerprint density at radius 3 is 2.20 bits per heavy atom. The Morgan fingerprint density at radius 2 is 1.65 bits per heavy atom. The Kier molecular flexibility index (Phi) is 6.93. The summed E-state index contributed by atoms with van der Waals surface area (Å²) in [6, 6.07) is 13.1. The van der Waals surface area contributed by atoms with E-state index in [1.807, 2.05) is 37.1 Å². The number of hydrogen-bond donors (Lipinski definition) is 1. The van der Waals surface area contributed by atoms with Gasteiger partial charge in [-0.3, -0.25) is 0 Å². The zero-order valence-corrected chi connectivity index (χ0v) is 13.3. The fourth-order valence-corrected chi connectivity index (χ4v) is 3.41. The van der Waals surface area contributed by atoms with Crippen LogP contribution in [0.3, 0.4) is 0 Å². The number of carbonyl (C=O) groups is 1. The molecular formula is C15H15Cl2O2S+. The molecule has 0 aromatic heterocycles. The average Bonchev–Trinajstić information content (AvgIpc) is 2.46. The summed E-state index contributed by atoms with van der Waals surface area (Å²) in [5.41, 5.74) is 1.17. The van der Waals surface area contributed by atoms with Crippen molar-refractivity contribution in [3.05, 3.63) is 58.1 Å². The van der Waals surface area contributed by atoms with Crippen molar-refractivity contribution in [2.75, 3.05) is 6.26 Å². The van der Waals surface area contributed by atoms with Gasteiger partial charge in [0.1, 0.15) is 24.5 Å². The van der Waals surface area contributed by atoms with Crippen LogP contribution in [0.25, 0.3) is 0 Å². The molecule has 106 valence electrons. The summed E-state index contributed by atoms with van der Waals surface area (Å²) in [5.74, 6) is 1.21. The molecule has 0 saturated heterocycles. The van der Waals surface area contributed by atoms with Crippen LogP contribution in [0.4, 0.5) is 0 Å². The number of benzene rings is 2. The second-order valence-electron chi connectivity index (χ2n) is 4.02. The molecule has 1 N–H and O–H groups in total. The number of carbonyl (C=O) groups excluding carboxylic acids is 1. The molecular weight excluding hydrogens is 315 g/mol. The minimum Gasteiger partial charge on any atom is -0.508 e. The van der Waals surface area contributed by atoms with Crippen LogP contribution in [0.15, 0.2) is 47.4 Å². The zero-order valence-electron chi connectivity index (χ0n) is 11.0. The Labute approximate surface area is 131 Å². The molecule has 0 fully saturated rings. The molecule has 0 heterocycles. The van der Waals surface area contributed by atoms with E-state index in [0.717, 1.165) is 5.75 Å². The standard InChI is InChI=1S/C14H12Cl2OS.CH2O/c1-18(12-5-3-11(17)4-6-12)9-10-2-7-13(15)14(16)8-10;1-2/h2-8H,9H2,1H3;1H2/p+1. The molecule has 0 spiro atoms. The van der Waals surface area contributed by atoms with Gasteiger partial charge in [-0.05, 0) is 36.4 Å². The number of phenolic OH excluding ortho intramolecular Hbond substituents is 1. The third kappa shape index (κ3) is 4.75. The number of halogens is 2. The molecule has 1 atom stereocenters. The molecule has 0 amide bonds. The van der Waals surface area contributed by atoms with E-state index in [1.54, 1.807) is 12.1 Å². The highest BCUT2D eigenvalue weighted by Crippen LogP contribution is 2.25. The van der Waals surface area contributed by atoms with E-state index in [-0.39, 0.29) is 10.9 Å². The van der Waals surface area contributed by atoms with Crippen LogP contribution in [0.5, 0.6) is 5.75 Å². The van der Waals surface area contributed by atoms with Crippen LogP contribution in [-0.2, 0) is 21.4 Å². The zero-order chi connectivity index (χ0) is 15.1. The largest absolute Gasteiger partial charge is 0.508 e. The highest BCUT2D eigenvalue weighted by Gasteiger charge is 2.16. The van der Waals surface area contributed by atoms with Crippen molar-refractivity contribution in [1.29, 1.82) is 0 Å². The van der Waals surface area contributed by atoms with Gasteiger partial charge in [-0.1, -0.05) is 29.3 Å². The molecule has 0 aliphatic heterocycles. The lowest BCUT2D eigenvalue weighted by atomic mass is 10.2. The van der Waals surface area contributed by atoms with Crippen molar-refractivity contribution in [3.8, 4) is 5.75 Å². The Bertz CT molecular complexity index is 558. The van der Waals surface area contributed by atoms with Crippen molar-refractivity contribution in [3.63, 3.8) is 0 Å². The molecule has 0 aliphatic carbocycles. The van der Waals surface area contributed by atoms with Crippen LogP contribution in [-0.4, -0.2) is 18.2 Å². The Morgan fingerprint density at radius 1 is 1.05 bits per heavy atom. The van der Waals surface area contributed by atoms with Crippen LogP contribution in [0.1, 0.15) is 5.56 Å². The maximum Gasteiger partial charge on any atom is 0.155 e. The first-order chi connectivity index (χ1) is 9.56. The SMILES string of the molecule is C=O.C[S+](Cc1ccc(Cl)c(Cl)c1)c1ccc(O)cc1. The average molecular weight is 330 g/mol. The quantitative estimate of drug-likeness (QED) is 0.851. The second kappa shape index (κ2) is 8.20. The Balaban J connectivity index is 0.000000956. The normalized spacial score (nSPS) is 11.3. The van der Waals surface area contributed by atoms with Crippen LogP contribution >= 0.6 is 23.2 Å². The summed E-state index contributed by atoms with van der Waals surface area (Å²) >= 11 is 11.9. The van der Waals surface area contributed by atoms with Crippen LogP contribution in [0.2, 0.25) is 10.0 Å². The molecule has 2 aromatic carbocycles. The van der Waals surface area contributed by atoms with E-state index in [1.165, 1.54) is 10.5 Å². The summed E-state index contributed by atoms with van der Waals surface area (Å²) in [7, 11) is 0.0796. The third-order valence-corrected chi connectivity index (χ3v) is 5.19. The topological polar surface area (TPSA) is 37.3 Å². The van der Waals surface area contributed by atoms with Crippen molar-refractivity contribution in [1.82, 2.24) is 0 Å². The van der Waals surface area contributed by atoms with E-state index in [9.17, 15) is 5.11 Å². The molecule has 0 bridgehead atoms. The number of phenols is 1. The lowest BCUT2D eigenvalue weighted by Crippen LogP contribution is -2.03. The molecule has 2 rings (SSSR count). The molecule has 0 aliphatic rings. The maximum absolute atomic E-state index is 9.27. The highest BCUT2D eigenvalue weighted by atomic mass is 35.5. The summed E-state index contributed by atoms with van der Waals surface area (Å²) in [5, 5.41) is 10.4. The highest BCUT2D eigenvalue weighted by molar-refractivity contribution is 7.95. The molecule has 5 heteroatoms. The van der Waals surface area contributed by atoms with Crippen molar-refractivity contribution >= 4 is 40.9 Å². The van der Waals surface area contributed by atoms with Gasteiger partial charge in [0, 0.05) is 16.5 Å². The molecule has 20 heavy (non-hydrogen) atoms. The van der Waals surface area contributed by atoms with Crippen molar-refractivity contribution in [2.24, 2.45) is 0 Å². The maximum atomic E-state index is 9.27. The first-order valence-electron chi connectivity index (χ1n) is 5.70. The monoisotopic (exact) mass is 329 g/mol. The lowest BCUT2D eigenvalue weighted by molar-refractivity contribution is -0.0979. The van der Waals surface area contributed by atoms with Gasteiger partial charge < -0.3 is 9.90 Å². The second-order valence-corrected chi connectivity index (χ2v) is 6.87. The summed E-state index contributed by atoms with van der Waals surface area (Å²) in [6.07, 6.45) is 2.18. The van der Waals surface area contributed by atoms with Gasteiger partial charge in [-0.15, -0.1) is 0 Å². The smallest absolute Gasteiger partial charge is 0.155 e. The van der Waals surface area contributed by atoms with Crippen molar-refractivity contribution < 1.29 is 9.90 Å². The van der Waals surface area contributed by atoms with Gasteiger partial charge in [0.05, 0.1) is 10.0 Å². The predicted molar refractivity (Wildman–Crippen MR) is 86.9 cm³/mol. The van der Waals surface area contributed by atoms with Crippen molar-refractivity contribution in [2.45, 2.75) is 10.6 Å². The van der Waals surface area contributed by atoms with E-state index in [0.29, 0.717) is 15.8 Å². The third-order valence-electron chi connectivity index (χ3n) is 2.61. The molecule has 2 aromatic rings. The van der Waals surface area contributed by atoms with Gasteiger partial charge >= 0.3 is 0 Å². The van der Waals surface area contributed by atoms with E-state index < -0.39 is 0 Å². The number of hydrogen-bond acceptors (Lipinski definition) is 2. The summed E-state index contributed by atoms with van der Waals surface area (Å²) < 4.78 is 0. The van der Waals surface area contributed by atoms with E-state index in [2.05, 4.69) is 6.26 Å². The number of rotatable bonds is 3. The predicted octanol–water partition coefficient (Wildman–Crippen LogP) is 4.32. The molecule has 0 radical (unpaired) electrons. The van der Waals surface area contributed by atoms with Gasteiger partial charge in [0.25, 0.3) is 0 Å².